The normalized spacial score (nSPS) is 18.2. The summed E-state index contributed by atoms with van der Waals surface area (Å²) < 4.78 is 7.55. The lowest BCUT2D eigenvalue weighted by Crippen LogP contribution is -2.23. The van der Waals surface area contributed by atoms with Crippen molar-refractivity contribution < 1.29 is 14.6 Å². The molecule has 2 aromatic carbocycles. The van der Waals surface area contributed by atoms with Gasteiger partial charge >= 0.3 is 0 Å². The lowest BCUT2D eigenvalue weighted by atomic mass is 9.93. The number of nitrogens with two attached hydrogens (primary N) is 1. The third kappa shape index (κ3) is 4.15. The van der Waals surface area contributed by atoms with Crippen LogP contribution in [0.1, 0.15) is 53.2 Å². The van der Waals surface area contributed by atoms with Crippen molar-refractivity contribution in [1.82, 2.24) is 14.8 Å². The van der Waals surface area contributed by atoms with Gasteiger partial charge < -0.3 is 15.6 Å². The van der Waals surface area contributed by atoms with Gasteiger partial charge in [-0.25, -0.2) is 0 Å². The number of amides is 1. The number of pyridine rings is 1. The Hall–Kier alpha value is -3.71. The van der Waals surface area contributed by atoms with Gasteiger partial charge in [0.1, 0.15) is 11.4 Å². The summed E-state index contributed by atoms with van der Waals surface area (Å²) in [5.74, 6) is 0.0140. The topological polar surface area (TPSA) is 103 Å². The van der Waals surface area contributed by atoms with E-state index in [1.54, 1.807) is 19.4 Å². The van der Waals surface area contributed by atoms with Gasteiger partial charge in [-0.2, -0.15) is 5.10 Å². The van der Waals surface area contributed by atoms with Crippen LogP contribution in [0.15, 0.2) is 60.9 Å². The number of primary amides is 1. The van der Waals surface area contributed by atoms with Crippen LogP contribution in [0.4, 0.5) is 0 Å². The Labute approximate surface area is 198 Å². The second-order valence-corrected chi connectivity index (χ2v) is 8.90. The molecule has 0 radical (unpaired) electrons. The van der Waals surface area contributed by atoms with E-state index in [1.807, 2.05) is 24.4 Å². The van der Waals surface area contributed by atoms with Crippen molar-refractivity contribution in [2.75, 3.05) is 7.11 Å². The van der Waals surface area contributed by atoms with E-state index in [-0.39, 0.29) is 12.1 Å². The monoisotopic (exact) mass is 456 g/mol. The highest BCUT2D eigenvalue weighted by Crippen LogP contribution is 2.35. The average Bonchev–Trinajstić information content (AvgIpc) is 3.24. The molecule has 1 amide bonds. The van der Waals surface area contributed by atoms with Gasteiger partial charge in [0, 0.05) is 29.8 Å². The number of aromatic nitrogens is 3. The molecule has 1 saturated carbocycles. The van der Waals surface area contributed by atoms with Gasteiger partial charge in [-0.3, -0.25) is 14.5 Å². The lowest BCUT2D eigenvalue weighted by molar-refractivity contribution is 0.0995. The van der Waals surface area contributed by atoms with E-state index in [0.717, 1.165) is 59.0 Å². The summed E-state index contributed by atoms with van der Waals surface area (Å²) in [7, 11) is 1.55. The fourth-order valence-electron chi connectivity index (χ4n) is 5.00. The Morgan fingerprint density at radius 1 is 1.18 bits per heavy atom. The van der Waals surface area contributed by atoms with Gasteiger partial charge in [0.15, 0.2) is 0 Å². The number of ether oxygens (including phenoxy) is 1. The van der Waals surface area contributed by atoms with Crippen LogP contribution in [-0.2, 0) is 6.42 Å². The van der Waals surface area contributed by atoms with Crippen molar-refractivity contribution in [3.63, 3.8) is 0 Å². The number of fused-ring (bicyclic) bond motifs is 1. The Balaban J connectivity index is 1.46. The lowest BCUT2D eigenvalue weighted by Gasteiger charge is -2.26. The minimum absolute atomic E-state index is 0.187. The molecule has 0 saturated heterocycles. The second-order valence-electron chi connectivity index (χ2n) is 8.90. The number of carbonyl (C=O) groups excluding carboxylic acids is 1. The van der Waals surface area contributed by atoms with Gasteiger partial charge in [0.2, 0.25) is 0 Å². The third-order valence-corrected chi connectivity index (χ3v) is 6.66. The summed E-state index contributed by atoms with van der Waals surface area (Å²) in [4.78, 5) is 16.1. The first-order valence-corrected chi connectivity index (χ1v) is 11.6. The van der Waals surface area contributed by atoms with Crippen LogP contribution >= 0.6 is 0 Å². The molecule has 5 rings (SSSR count). The molecule has 2 aromatic heterocycles. The number of aliphatic hydroxyl groups is 1. The summed E-state index contributed by atoms with van der Waals surface area (Å²) in [6.45, 7) is 0. The molecule has 0 aliphatic heterocycles. The van der Waals surface area contributed by atoms with Crippen molar-refractivity contribution in [1.29, 1.82) is 0 Å². The van der Waals surface area contributed by atoms with Crippen LogP contribution < -0.4 is 10.5 Å². The fourth-order valence-corrected chi connectivity index (χ4v) is 5.00. The molecule has 3 N–H and O–H groups in total. The SMILES string of the molecule is COc1c(Cc2ccc(-c3nn(C4CCCC(O)C4)c4ccncc34)cc2)cccc1C(N)=O. The van der Waals surface area contributed by atoms with Gasteiger partial charge in [0.25, 0.3) is 5.91 Å². The van der Waals surface area contributed by atoms with Crippen LogP contribution in [-0.4, -0.2) is 39.0 Å². The number of hydrogen-bond acceptors (Lipinski definition) is 5. The zero-order valence-corrected chi connectivity index (χ0v) is 19.1. The molecule has 0 spiro atoms. The third-order valence-electron chi connectivity index (χ3n) is 6.66. The highest BCUT2D eigenvalue weighted by molar-refractivity contribution is 5.96. The average molecular weight is 457 g/mol. The molecule has 174 valence electrons. The number of carbonyl (C=O) groups is 1. The summed E-state index contributed by atoms with van der Waals surface area (Å²) in [5, 5.41) is 16.2. The van der Waals surface area contributed by atoms with Crippen LogP contribution in [0, 0.1) is 0 Å². The quantitative estimate of drug-likeness (QED) is 0.451. The summed E-state index contributed by atoms with van der Waals surface area (Å²) in [6.07, 6.45) is 7.60. The Morgan fingerprint density at radius 2 is 2.00 bits per heavy atom. The number of hydrogen-bond donors (Lipinski definition) is 2. The van der Waals surface area contributed by atoms with Crippen molar-refractivity contribution in [3.8, 4) is 17.0 Å². The molecule has 2 heterocycles. The maximum absolute atomic E-state index is 11.7. The number of aliphatic hydroxyl groups excluding tert-OH is 1. The van der Waals surface area contributed by atoms with Crippen molar-refractivity contribution in [2.45, 2.75) is 44.2 Å². The van der Waals surface area contributed by atoms with E-state index in [4.69, 9.17) is 15.6 Å². The molecule has 2 unspecified atom stereocenters. The van der Waals surface area contributed by atoms with E-state index < -0.39 is 5.91 Å². The number of nitrogens with zero attached hydrogens (tertiary/aromatic N) is 3. The highest BCUT2D eigenvalue weighted by Gasteiger charge is 2.25. The fraction of sp³-hybridized carbons (Fsp3) is 0.296. The zero-order chi connectivity index (χ0) is 23.7. The minimum atomic E-state index is -0.504. The first-order valence-electron chi connectivity index (χ1n) is 11.6. The predicted octanol–water partition coefficient (Wildman–Crippen LogP) is 4.27. The maximum Gasteiger partial charge on any atom is 0.252 e. The zero-order valence-electron chi connectivity index (χ0n) is 19.1. The maximum atomic E-state index is 11.7. The first-order chi connectivity index (χ1) is 16.5. The van der Waals surface area contributed by atoms with E-state index in [2.05, 4.69) is 33.9 Å². The molecule has 7 heteroatoms. The van der Waals surface area contributed by atoms with Gasteiger partial charge in [-0.1, -0.05) is 36.4 Å². The van der Waals surface area contributed by atoms with Gasteiger partial charge in [-0.05, 0) is 48.9 Å². The first kappa shape index (κ1) is 22.1. The van der Waals surface area contributed by atoms with Gasteiger partial charge in [-0.15, -0.1) is 0 Å². The smallest absolute Gasteiger partial charge is 0.252 e. The molecule has 7 nitrogen and oxygen atoms in total. The Bertz CT molecular complexity index is 1330. The van der Waals surface area contributed by atoms with Crippen LogP contribution in [0.25, 0.3) is 22.2 Å². The molecule has 34 heavy (non-hydrogen) atoms. The second kappa shape index (κ2) is 9.27. The molecule has 1 aliphatic carbocycles. The number of benzene rings is 2. The summed E-state index contributed by atoms with van der Waals surface area (Å²) in [5.41, 5.74) is 10.8. The van der Waals surface area contributed by atoms with E-state index >= 15 is 0 Å². The predicted molar refractivity (Wildman–Crippen MR) is 131 cm³/mol. The molecule has 4 aromatic rings. The van der Waals surface area contributed by atoms with Crippen molar-refractivity contribution in [3.05, 3.63) is 77.6 Å². The van der Waals surface area contributed by atoms with Crippen LogP contribution in [0.5, 0.6) is 5.75 Å². The molecule has 2 atom stereocenters. The molecular weight excluding hydrogens is 428 g/mol. The molecule has 1 fully saturated rings. The Morgan fingerprint density at radius 3 is 2.74 bits per heavy atom. The number of rotatable bonds is 6. The largest absolute Gasteiger partial charge is 0.496 e. The molecule has 1 aliphatic rings. The molecule has 0 bridgehead atoms. The van der Waals surface area contributed by atoms with E-state index in [1.165, 1.54) is 0 Å². The van der Waals surface area contributed by atoms with Crippen LogP contribution in [0.3, 0.4) is 0 Å². The van der Waals surface area contributed by atoms with Crippen molar-refractivity contribution >= 4 is 16.8 Å². The highest BCUT2D eigenvalue weighted by atomic mass is 16.5. The van der Waals surface area contributed by atoms with Gasteiger partial charge in [0.05, 0.1) is 30.3 Å². The minimum Gasteiger partial charge on any atom is -0.496 e. The molecular formula is C27H28N4O3. The number of methoxy groups -OCH3 is 1. The van der Waals surface area contributed by atoms with Crippen LogP contribution in [0.2, 0.25) is 0 Å². The summed E-state index contributed by atoms with van der Waals surface area (Å²) >= 11 is 0. The van der Waals surface area contributed by atoms with Crippen molar-refractivity contribution in [2.24, 2.45) is 5.73 Å². The van der Waals surface area contributed by atoms with E-state index in [9.17, 15) is 9.90 Å². The Kier molecular flexibility index (Phi) is 6.02. The summed E-state index contributed by atoms with van der Waals surface area (Å²) in [6, 6.07) is 15.9. The number of para-hydroxylation sites is 1. The van der Waals surface area contributed by atoms with E-state index in [0.29, 0.717) is 17.7 Å². The standard InChI is InChI=1S/C27H28N4O3/c1-34-26-19(4-2-7-22(26)27(28)33)14-17-8-10-18(11-9-17)25-23-16-29-13-12-24(23)31(30-25)20-5-3-6-21(32)15-20/h2,4,7-13,16,20-21,32H,3,5-6,14-15H2,1H3,(H2,28,33).